The number of aromatic nitrogens is 1. The van der Waals surface area contributed by atoms with Crippen LogP contribution in [0.15, 0.2) is 29.8 Å². The van der Waals surface area contributed by atoms with Gasteiger partial charge in [0.15, 0.2) is 5.13 Å². The number of benzene rings is 1. The second-order valence-electron chi connectivity index (χ2n) is 5.13. The molecular weight excluding hydrogens is 268 g/mol. The Labute approximate surface area is 123 Å². The van der Waals surface area contributed by atoms with Gasteiger partial charge in [0.25, 0.3) is 0 Å². The molecule has 0 aliphatic carbocycles. The molecule has 0 bridgehead atoms. The van der Waals surface area contributed by atoms with Crippen molar-refractivity contribution in [2.75, 3.05) is 36.0 Å². The quantitative estimate of drug-likeness (QED) is 0.941. The number of nitrogens with zero attached hydrogens (tertiary/aromatic N) is 3. The average Bonchev–Trinajstić information content (AvgIpc) is 3.02. The number of aryl methyl sites for hydroxylation is 1. The molecule has 1 aromatic heterocycles. The summed E-state index contributed by atoms with van der Waals surface area (Å²) in [5.74, 6) is 0. The number of anilines is 2. The van der Waals surface area contributed by atoms with Crippen LogP contribution in [0.4, 0.5) is 10.8 Å². The molecule has 0 spiro atoms. The summed E-state index contributed by atoms with van der Waals surface area (Å²) in [6.07, 6.45) is 1.87. The zero-order chi connectivity index (χ0) is 13.9. The van der Waals surface area contributed by atoms with Crippen LogP contribution >= 0.6 is 11.3 Å². The van der Waals surface area contributed by atoms with Crippen LogP contribution in [0.5, 0.6) is 0 Å². The summed E-state index contributed by atoms with van der Waals surface area (Å²) >= 11 is 1.71. The lowest BCUT2D eigenvalue weighted by atomic mass is 10.1. The summed E-state index contributed by atoms with van der Waals surface area (Å²) in [5, 5.41) is 3.17. The molecule has 1 aromatic carbocycles. The topological polar surface area (TPSA) is 45.4 Å². The monoisotopic (exact) mass is 288 g/mol. The second-order valence-corrected chi connectivity index (χ2v) is 6.00. The summed E-state index contributed by atoms with van der Waals surface area (Å²) in [5.41, 5.74) is 9.69. The molecule has 0 atom stereocenters. The SMILES string of the molecule is Cc1ccc(CN)c(N2CCN(c3nccs3)CC2)c1. The zero-order valence-corrected chi connectivity index (χ0v) is 12.6. The van der Waals surface area contributed by atoms with Crippen molar-refractivity contribution < 1.29 is 0 Å². The van der Waals surface area contributed by atoms with E-state index in [1.807, 2.05) is 11.6 Å². The normalized spacial score (nSPS) is 15.7. The molecule has 3 rings (SSSR count). The third-order valence-corrected chi connectivity index (χ3v) is 4.60. The third-order valence-electron chi connectivity index (χ3n) is 3.77. The fourth-order valence-corrected chi connectivity index (χ4v) is 3.35. The highest BCUT2D eigenvalue weighted by atomic mass is 32.1. The number of nitrogens with two attached hydrogens (primary N) is 1. The van der Waals surface area contributed by atoms with Gasteiger partial charge in [0.05, 0.1) is 0 Å². The van der Waals surface area contributed by atoms with E-state index in [0.29, 0.717) is 6.54 Å². The molecule has 0 unspecified atom stereocenters. The molecule has 1 aliphatic rings. The maximum atomic E-state index is 5.87. The smallest absolute Gasteiger partial charge is 0.185 e. The number of hydrogen-bond acceptors (Lipinski definition) is 5. The van der Waals surface area contributed by atoms with Crippen molar-refractivity contribution in [1.29, 1.82) is 0 Å². The van der Waals surface area contributed by atoms with Crippen LogP contribution in [0, 0.1) is 6.92 Å². The van der Waals surface area contributed by atoms with Gasteiger partial charge in [-0.25, -0.2) is 4.98 Å². The molecule has 1 saturated heterocycles. The molecule has 0 saturated carbocycles. The van der Waals surface area contributed by atoms with E-state index in [1.165, 1.54) is 16.8 Å². The van der Waals surface area contributed by atoms with Gasteiger partial charge in [-0.2, -0.15) is 0 Å². The highest BCUT2D eigenvalue weighted by molar-refractivity contribution is 7.13. The Morgan fingerprint density at radius 1 is 1.20 bits per heavy atom. The molecule has 1 fully saturated rings. The van der Waals surface area contributed by atoms with E-state index < -0.39 is 0 Å². The van der Waals surface area contributed by atoms with Crippen LogP contribution < -0.4 is 15.5 Å². The maximum absolute atomic E-state index is 5.87. The molecule has 5 heteroatoms. The van der Waals surface area contributed by atoms with Crippen LogP contribution in [-0.2, 0) is 6.54 Å². The lowest BCUT2D eigenvalue weighted by Gasteiger charge is -2.37. The lowest BCUT2D eigenvalue weighted by molar-refractivity contribution is 0.649. The summed E-state index contributed by atoms with van der Waals surface area (Å²) in [7, 11) is 0. The fraction of sp³-hybridized carbons (Fsp3) is 0.400. The highest BCUT2D eigenvalue weighted by Crippen LogP contribution is 2.25. The van der Waals surface area contributed by atoms with Crippen LogP contribution in [0.2, 0.25) is 0 Å². The highest BCUT2D eigenvalue weighted by Gasteiger charge is 2.20. The van der Waals surface area contributed by atoms with E-state index in [1.54, 1.807) is 11.3 Å². The number of piperazine rings is 1. The molecule has 4 nitrogen and oxygen atoms in total. The van der Waals surface area contributed by atoms with Crippen LogP contribution in [0.25, 0.3) is 0 Å². The van der Waals surface area contributed by atoms with Gasteiger partial charge in [-0.05, 0) is 24.1 Å². The molecule has 1 aliphatic heterocycles. The first kappa shape index (κ1) is 13.4. The molecule has 0 radical (unpaired) electrons. The van der Waals surface area contributed by atoms with Crippen molar-refractivity contribution in [3.05, 3.63) is 40.9 Å². The summed E-state index contributed by atoms with van der Waals surface area (Å²) in [6.45, 7) is 6.82. The van der Waals surface area contributed by atoms with Crippen molar-refractivity contribution in [3.8, 4) is 0 Å². The van der Waals surface area contributed by atoms with E-state index in [4.69, 9.17) is 5.73 Å². The van der Waals surface area contributed by atoms with Gasteiger partial charge in [0, 0.05) is 50.0 Å². The fourth-order valence-electron chi connectivity index (χ4n) is 2.65. The van der Waals surface area contributed by atoms with Gasteiger partial charge in [-0.3, -0.25) is 0 Å². The number of thiazole rings is 1. The minimum absolute atomic E-state index is 0.600. The van der Waals surface area contributed by atoms with E-state index in [-0.39, 0.29) is 0 Å². The molecule has 20 heavy (non-hydrogen) atoms. The maximum Gasteiger partial charge on any atom is 0.185 e. The Hall–Kier alpha value is -1.59. The minimum atomic E-state index is 0.600. The van der Waals surface area contributed by atoms with Gasteiger partial charge in [0.1, 0.15) is 0 Å². The Morgan fingerprint density at radius 2 is 1.95 bits per heavy atom. The standard InChI is InChI=1S/C15H20N4S/c1-12-2-3-13(11-16)14(10-12)18-5-7-19(8-6-18)15-17-4-9-20-15/h2-4,9-10H,5-8,11,16H2,1H3. The average molecular weight is 288 g/mol. The first-order valence-corrected chi connectivity index (χ1v) is 7.85. The van der Waals surface area contributed by atoms with Crippen LogP contribution in [-0.4, -0.2) is 31.2 Å². The van der Waals surface area contributed by atoms with Gasteiger partial charge in [-0.15, -0.1) is 11.3 Å². The number of hydrogen-bond donors (Lipinski definition) is 1. The predicted octanol–water partition coefficient (Wildman–Crippen LogP) is 2.24. The third kappa shape index (κ3) is 2.64. The molecular formula is C15H20N4S. The van der Waals surface area contributed by atoms with Crippen molar-refractivity contribution in [3.63, 3.8) is 0 Å². The van der Waals surface area contributed by atoms with Gasteiger partial charge < -0.3 is 15.5 Å². The lowest BCUT2D eigenvalue weighted by Crippen LogP contribution is -2.46. The summed E-state index contributed by atoms with van der Waals surface area (Å²) in [4.78, 5) is 9.20. The Balaban J connectivity index is 1.73. The molecule has 2 N–H and O–H groups in total. The Kier molecular flexibility index (Phi) is 3.89. The Bertz CT molecular complexity index is 559. The van der Waals surface area contributed by atoms with E-state index in [9.17, 15) is 0 Å². The van der Waals surface area contributed by atoms with Gasteiger partial charge in [-0.1, -0.05) is 12.1 Å². The van der Waals surface area contributed by atoms with E-state index >= 15 is 0 Å². The van der Waals surface area contributed by atoms with Gasteiger partial charge in [0.2, 0.25) is 0 Å². The second kappa shape index (κ2) is 5.81. The van der Waals surface area contributed by atoms with E-state index in [0.717, 1.165) is 31.3 Å². The number of rotatable bonds is 3. The Morgan fingerprint density at radius 3 is 2.60 bits per heavy atom. The van der Waals surface area contributed by atoms with Gasteiger partial charge >= 0.3 is 0 Å². The predicted molar refractivity (Wildman–Crippen MR) is 85.6 cm³/mol. The van der Waals surface area contributed by atoms with E-state index in [2.05, 4.69) is 39.9 Å². The summed E-state index contributed by atoms with van der Waals surface area (Å²) < 4.78 is 0. The summed E-state index contributed by atoms with van der Waals surface area (Å²) in [6, 6.07) is 6.54. The first-order valence-electron chi connectivity index (χ1n) is 6.97. The van der Waals surface area contributed by atoms with Crippen LogP contribution in [0.3, 0.4) is 0 Å². The zero-order valence-electron chi connectivity index (χ0n) is 11.7. The molecule has 0 amide bonds. The molecule has 2 heterocycles. The molecule has 106 valence electrons. The molecule has 2 aromatic rings. The van der Waals surface area contributed by atoms with Crippen molar-refractivity contribution in [1.82, 2.24) is 4.98 Å². The van der Waals surface area contributed by atoms with Crippen molar-refractivity contribution in [2.24, 2.45) is 5.73 Å². The van der Waals surface area contributed by atoms with Crippen molar-refractivity contribution >= 4 is 22.2 Å². The largest absolute Gasteiger partial charge is 0.368 e. The minimum Gasteiger partial charge on any atom is -0.368 e. The first-order chi connectivity index (χ1) is 9.78. The van der Waals surface area contributed by atoms with Crippen LogP contribution in [0.1, 0.15) is 11.1 Å². The van der Waals surface area contributed by atoms with Crippen molar-refractivity contribution in [2.45, 2.75) is 13.5 Å².